The van der Waals surface area contributed by atoms with Crippen molar-refractivity contribution >= 4 is 40.1 Å². The molecule has 0 aliphatic heterocycles. The van der Waals surface area contributed by atoms with Crippen LogP contribution in [-0.4, -0.2) is 29.0 Å². The van der Waals surface area contributed by atoms with E-state index in [-0.39, 0.29) is 18.3 Å². The van der Waals surface area contributed by atoms with E-state index in [0.29, 0.717) is 6.42 Å². The van der Waals surface area contributed by atoms with Crippen molar-refractivity contribution in [3.63, 3.8) is 0 Å². The van der Waals surface area contributed by atoms with E-state index in [1.165, 1.54) is 5.56 Å². The minimum Gasteiger partial charge on any atom is -0.302 e. The van der Waals surface area contributed by atoms with Crippen molar-refractivity contribution in [2.45, 2.75) is 32.2 Å². The number of para-hydroxylation sites is 2. The lowest BCUT2D eigenvalue weighted by molar-refractivity contribution is 0.0909. The average Bonchev–Trinajstić information content (AvgIpc) is 3.09. The number of benzene rings is 3. The molecule has 0 aliphatic carbocycles. The monoisotopic (exact) mass is 420 g/mol. The van der Waals surface area contributed by atoms with Gasteiger partial charge >= 0.3 is 0 Å². The van der Waals surface area contributed by atoms with E-state index in [9.17, 15) is 4.79 Å². The highest BCUT2D eigenvalue weighted by molar-refractivity contribution is 6.13. The summed E-state index contributed by atoms with van der Waals surface area (Å²) in [6.45, 7) is 2.03. The molecule has 0 fully saturated rings. The van der Waals surface area contributed by atoms with Crippen molar-refractivity contribution in [2.24, 2.45) is 0 Å². The highest BCUT2D eigenvalue weighted by Crippen LogP contribution is 2.29. The van der Waals surface area contributed by atoms with Gasteiger partial charge in [0.2, 0.25) is 5.91 Å². The van der Waals surface area contributed by atoms with E-state index >= 15 is 0 Å². The molecule has 0 radical (unpaired) electrons. The number of aromatic nitrogens is 1. The minimum absolute atomic E-state index is 0. The Bertz CT molecular complexity index is 1050. The first-order chi connectivity index (χ1) is 14.2. The molecule has 0 saturated heterocycles. The van der Waals surface area contributed by atoms with E-state index < -0.39 is 0 Å². The molecule has 0 bridgehead atoms. The lowest BCUT2D eigenvalue weighted by Crippen LogP contribution is -2.19. The van der Waals surface area contributed by atoms with Gasteiger partial charge in [0.05, 0.1) is 11.0 Å². The average molecular weight is 421 g/mol. The van der Waals surface area contributed by atoms with Crippen LogP contribution >= 0.6 is 12.4 Å². The Kier molecular flexibility index (Phi) is 7.67. The van der Waals surface area contributed by atoms with Crippen molar-refractivity contribution in [3.8, 4) is 0 Å². The summed E-state index contributed by atoms with van der Waals surface area (Å²) < 4.78 is 1.91. The molecule has 0 atom stereocenters. The second-order valence-electron chi connectivity index (χ2n) is 7.80. The SMILES string of the molecule is CN(CCCCCC(=O)n1c2ccccc2c2ccccc21)Cc1ccccc1.Cl. The van der Waals surface area contributed by atoms with Gasteiger partial charge in [-0.3, -0.25) is 9.36 Å². The predicted molar refractivity (Wildman–Crippen MR) is 129 cm³/mol. The largest absolute Gasteiger partial charge is 0.302 e. The van der Waals surface area contributed by atoms with E-state index in [1.807, 2.05) is 41.0 Å². The number of nitrogens with zero attached hydrogens (tertiary/aromatic N) is 2. The van der Waals surface area contributed by atoms with Crippen LogP contribution in [0.1, 0.15) is 36.0 Å². The summed E-state index contributed by atoms with van der Waals surface area (Å²) in [5, 5.41) is 2.30. The quantitative estimate of drug-likeness (QED) is 0.302. The van der Waals surface area contributed by atoms with Crippen LogP contribution in [0.25, 0.3) is 21.8 Å². The molecule has 30 heavy (non-hydrogen) atoms. The van der Waals surface area contributed by atoms with Gasteiger partial charge in [-0.25, -0.2) is 0 Å². The Balaban J connectivity index is 0.00000256. The second kappa shape index (κ2) is 10.4. The zero-order valence-corrected chi connectivity index (χ0v) is 18.3. The number of rotatable bonds is 8. The van der Waals surface area contributed by atoms with Crippen LogP contribution in [0.5, 0.6) is 0 Å². The summed E-state index contributed by atoms with van der Waals surface area (Å²) in [5.41, 5.74) is 3.37. The maximum Gasteiger partial charge on any atom is 0.231 e. The van der Waals surface area contributed by atoms with Crippen molar-refractivity contribution < 1.29 is 4.79 Å². The predicted octanol–water partition coefficient (Wildman–Crippen LogP) is 6.55. The zero-order valence-electron chi connectivity index (χ0n) is 17.5. The first-order valence-corrected chi connectivity index (χ1v) is 10.5. The van der Waals surface area contributed by atoms with Crippen molar-refractivity contribution in [1.82, 2.24) is 9.47 Å². The number of hydrogen-bond donors (Lipinski definition) is 0. The molecule has 0 saturated carbocycles. The van der Waals surface area contributed by atoms with Gasteiger partial charge in [0.15, 0.2) is 0 Å². The van der Waals surface area contributed by atoms with Crippen LogP contribution in [0.3, 0.4) is 0 Å². The smallest absolute Gasteiger partial charge is 0.231 e. The van der Waals surface area contributed by atoms with E-state index in [2.05, 4.69) is 54.4 Å². The Morgan fingerprint density at radius 1 is 0.767 bits per heavy atom. The molecule has 1 aromatic heterocycles. The Hall–Kier alpha value is -2.62. The van der Waals surface area contributed by atoms with Gasteiger partial charge in [0.25, 0.3) is 0 Å². The number of unbranched alkanes of at least 4 members (excludes halogenated alkanes) is 2. The number of hydrogen-bond acceptors (Lipinski definition) is 2. The van der Waals surface area contributed by atoms with Gasteiger partial charge in [-0.15, -0.1) is 12.4 Å². The normalized spacial score (nSPS) is 11.1. The van der Waals surface area contributed by atoms with Crippen LogP contribution in [0.4, 0.5) is 0 Å². The molecule has 3 aromatic carbocycles. The standard InChI is InChI=1S/C26H28N2O.ClH/c1-27(20-21-12-4-2-5-13-21)19-11-3-6-18-26(29)28-24-16-9-7-14-22(24)23-15-8-10-17-25(23)28;/h2,4-5,7-10,12-17H,3,6,11,18-20H2,1H3;1H. The number of halogens is 1. The highest BCUT2D eigenvalue weighted by atomic mass is 35.5. The molecule has 156 valence electrons. The fraction of sp³-hybridized carbons (Fsp3) is 0.269. The van der Waals surface area contributed by atoms with Gasteiger partial charge in [0, 0.05) is 23.7 Å². The van der Waals surface area contributed by atoms with Crippen LogP contribution in [-0.2, 0) is 6.54 Å². The fourth-order valence-corrected chi connectivity index (χ4v) is 4.11. The van der Waals surface area contributed by atoms with Gasteiger partial charge in [-0.05, 0) is 44.1 Å². The minimum atomic E-state index is 0. The molecule has 0 spiro atoms. The van der Waals surface area contributed by atoms with E-state index in [0.717, 1.165) is 54.2 Å². The van der Waals surface area contributed by atoms with Crippen LogP contribution in [0.15, 0.2) is 78.9 Å². The third-order valence-corrected chi connectivity index (χ3v) is 5.56. The molecule has 4 heteroatoms. The van der Waals surface area contributed by atoms with Crippen LogP contribution in [0.2, 0.25) is 0 Å². The Morgan fingerprint density at radius 2 is 1.33 bits per heavy atom. The summed E-state index contributed by atoms with van der Waals surface area (Å²) in [5.74, 6) is 0.194. The molecule has 4 rings (SSSR count). The first-order valence-electron chi connectivity index (χ1n) is 10.5. The van der Waals surface area contributed by atoms with Crippen LogP contribution < -0.4 is 0 Å². The van der Waals surface area contributed by atoms with Gasteiger partial charge < -0.3 is 4.90 Å². The molecule has 0 amide bonds. The van der Waals surface area contributed by atoms with Gasteiger partial charge in [-0.2, -0.15) is 0 Å². The van der Waals surface area contributed by atoms with E-state index in [1.54, 1.807) is 0 Å². The molecular formula is C26H29ClN2O. The summed E-state index contributed by atoms with van der Waals surface area (Å²) in [7, 11) is 2.16. The number of fused-ring (bicyclic) bond motifs is 3. The van der Waals surface area contributed by atoms with Crippen molar-refractivity contribution in [3.05, 3.63) is 84.4 Å². The zero-order chi connectivity index (χ0) is 20.1. The second-order valence-corrected chi connectivity index (χ2v) is 7.80. The molecule has 0 aliphatic rings. The van der Waals surface area contributed by atoms with Gasteiger partial charge in [0.1, 0.15) is 0 Å². The highest BCUT2D eigenvalue weighted by Gasteiger charge is 2.14. The molecule has 3 nitrogen and oxygen atoms in total. The van der Waals surface area contributed by atoms with E-state index in [4.69, 9.17) is 0 Å². The molecule has 4 aromatic rings. The fourth-order valence-electron chi connectivity index (χ4n) is 4.11. The lowest BCUT2D eigenvalue weighted by Gasteiger charge is -2.16. The molecule has 0 unspecified atom stereocenters. The summed E-state index contributed by atoms with van der Waals surface area (Å²) in [4.78, 5) is 15.4. The number of carbonyl (C=O) groups excluding carboxylic acids is 1. The van der Waals surface area contributed by atoms with Crippen LogP contribution in [0, 0.1) is 0 Å². The molecule has 0 N–H and O–H groups in total. The summed E-state index contributed by atoms with van der Waals surface area (Å²) in [6.07, 6.45) is 3.70. The Labute approximate surface area is 184 Å². The maximum atomic E-state index is 13.0. The Morgan fingerprint density at radius 3 is 1.97 bits per heavy atom. The topological polar surface area (TPSA) is 25.2 Å². The summed E-state index contributed by atoms with van der Waals surface area (Å²) in [6, 6.07) is 26.9. The third-order valence-electron chi connectivity index (χ3n) is 5.56. The van der Waals surface area contributed by atoms with Crippen molar-refractivity contribution in [1.29, 1.82) is 0 Å². The molecular weight excluding hydrogens is 392 g/mol. The number of carbonyl (C=O) groups is 1. The third kappa shape index (κ3) is 4.92. The first kappa shape index (κ1) is 22.1. The molecule has 1 heterocycles. The lowest BCUT2D eigenvalue weighted by atomic mass is 10.1. The summed E-state index contributed by atoms with van der Waals surface area (Å²) >= 11 is 0. The maximum absolute atomic E-state index is 13.0. The van der Waals surface area contributed by atoms with Gasteiger partial charge in [-0.1, -0.05) is 73.2 Å². The van der Waals surface area contributed by atoms with Crippen molar-refractivity contribution in [2.75, 3.05) is 13.6 Å².